The first kappa shape index (κ1) is 24.2. The summed E-state index contributed by atoms with van der Waals surface area (Å²) in [5.74, 6) is 0. The lowest BCUT2D eigenvalue weighted by molar-refractivity contribution is -0.696. The topological polar surface area (TPSA) is 44.3 Å². The summed E-state index contributed by atoms with van der Waals surface area (Å²) in [5.41, 5.74) is 0.564. The molecule has 0 saturated heterocycles. The fraction of sp³-hybridized carbons (Fsp3) is 0.783. The molecule has 0 spiro atoms. The molecule has 27 heavy (non-hydrogen) atoms. The molecule has 0 aliphatic rings. The summed E-state index contributed by atoms with van der Waals surface area (Å²) in [4.78, 5) is 0. The van der Waals surface area contributed by atoms with Gasteiger partial charge < -0.3 is 10.0 Å². The van der Waals surface area contributed by atoms with Gasteiger partial charge in [-0.1, -0.05) is 103 Å². The lowest BCUT2D eigenvalue weighted by Gasteiger charge is -2.03. The van der Waals surface area contributed by atoms with E-state index in [1.165, 1.54) is 96.3 Å². The van der Waals surface area contributed by atoms with E-state index in [0.717, 1.165) is 13.0 Å². The molecule has 2 N–H and O–H groups in total. The lowest BCUT2D eigenvalue weighted by Crippen LogP contribution is -2.41. The molecule has 1 aromatic heterocycles. The molecule has 1 rings (SSSR count). The summed E-state index contributed by atoms with van der Waals surface area (Å²) in [6.07, 6.45) is 26.0. The van der Waals surface area contributed by atoms with Crippen LogP contribution in [0.25, 0.3) is 0 Å². The van der Waals surface area contributed by atoms with Crippen LogP contribution in [0.3, 0.4) is 0 Å². The molecule has 0 aromatic carbocycles. The number of rotatable bonds is 18. The van der Waals surface area contributed by atoms with Gasteiger partial charge in [0.1, 0.15) is 6.54 Å². The van der Waals surface area contributed by atoms with E-state index in [0.29, 0.717) is 5.46 Å². The maximum atomic E-state index is 9.20. The Hall–Kier alpha value is -0.865. The van der Waals surface area contributed by atoms with Crippen molar-refractivity contribution in [2.24, 2.45) is 0 Å². The molecule has 1 heterocycles. The van der Waals surface area contributed by atoms with Gasteiger partial charge in [-0.25, -0.2) is 4.57 Å². The van der Waals surface area contributed by atoms with Crippen molar-refractivity contribution < 1.29 is 14.6 Å². The summed E-state index contributed by atoms with van der Waals surface area (Å²) >= 11 is 0. The molecular weight excluding hydrogens is 333 g/mol. The molecule has 0 unspecified atom stereocenters. The normalized spacial score (nSPS) is 11.1. The predicted octanol–water partition coefficient (Wildman–Crippen LogP) is 4.92. The van der Waals surface area contributed by atoms with Crippen LogP contribution in [0.15, 0.2) is 24.5 Å². The number of unbranched alkanes of at least 4 members (excludes halogenated alkanes) is 15. The van der Waals surface area contributed by atoms with Crippen LogP contribution in [0, 0.1) is 0 Å². The Kier molecular flexibility index (Phi) is 15.4. The number of pyridine rings is 1. The molecule has 3 nitrogen and oxygen atoms in total. The Bertz CT molecular complexity index is 454. The van der Waals surface area contributed by atoms with Crippen LogP contribution in [0.4, 0.5) is 0 Å². The van der Waals surface area contributed by atoms with Gasteiger partial charge >= 0.3 is 7.12 Å². The van der Waals surface area contributed by atoms with E-state index in [4.69, 9.17) is 0 Å². The van der Waals surface area contributed by atoms with E-state index in [1.54, 1.807) is 6.07 Å². The first-order valence-electron chi connectivity index (χ1n) is 11.6. The molecule has 0 bridgehead atoms. The number of hydrogen-bond acceptors (Lipinski definition) is 2. The van der Waals surface area contributed by atoms with Crippen molar-refractivity contribution in [2.45, 2.75) is 116 Å². The van der Waals surface area contributed by atoms with Crippen molar-refractivity contribution in [2.75, 3.05) is 0 Å². The van der Waals surface area contributed by atoms with Gasteiger partial charge in [0.15, 0.2) is 12.4 Å². The predicted molar refractivity (Wildman–Crippen MR) is 116 cm³/mol. The molecule has 0 fully saturated rings. The van der Waals surface area contributed by atoms with E-state index in [9.17, 15) is 10.0 Å². The number of hydrogen-bond donors (Lipinski definition) is 2. The van der Waals surface area contributed by atoms with Crippen LogP contribution in [0.2, 0.25) is 0 Å². The standard InChI is InChI=1S/C23H43BNO2/c1-2-3-4-5-6-7-8-9-10-11-12-13-14-15-16-17-20-25-21-18-19-23(22-25)24(26)27/h18-19,21-22,26-27H,2-17,20H2,1H3/q+1. The maximum Gasteiger partial charge on any atom is 0.494 e. The minimum atomic E-state index is -1.37. The number of nitrogens with zero attached hydrogens (tertiary/aromatic N) is 1. The molecule has 0 saturated carbocycles. The highest BCUT2D eigenvalue weighted by atomic mass is 16.4. The van der Waals surface area contributed by atoms with Gasteiger partial charge in [0.25, 0.3) is 0 Å². The molecule has 0 aliphatic carbocycles. The van der Waals surface area contributed by atoms with Gasteiger partial charge in [-0.2, -0.15) is 0 Å². The molecule has 0 radical (unpaired) electrons. The summed E-state index contributed by atoms with van der Waals surface area (Å²) in [6, 6.07) is 3.62. The number of aromatic nitrogens is 1. The third-order valence-electron chi connectivity index (χ3n) is 5.45. The second-order valence-electron chi connectivity index (χ2n) is 8.05. The van der Waals surface area contributed by atoms with Crippen LogP contribution in [-0.2, 0) is 6.54 Å². The molecular formula is C23H43BNO2+. The third kappa shape index (κ3) is 13.9. The fourth-order valence-electron chi connectivity index (χ4n) is 3.68. The monoisotopic (exact) mass is 376 g/mol. The fourth-order valence-corrected chi connectivity index (χ4v) is 3.68. The highest BCUT2D eigenvalue weighted by molar-refractivity contribution is 6.58. The Labute approximate surface area is 168 Å². The molecule has 1 aromatic rings. The summed E-state index contributed by atoms with van der Waals surface area (Å²) in [6.45, 7) is 3.24. The van der Waals surface area contributed by atoms with Crippen molar-refractivity contribution in [3.8, 4) is 0 Å². The number of aryl methyl sites for hydroxylation is 1. The summed E-state index contributed by atoms with van der Waals surface area (Å²) < 4.78 is 2.05. The largest absolute Gasteiger partial charge is 0.494 e. The summed E-state index contributed by atoms with van der Waals surface area (Å²) in [5, 5.41) is 18.4. The van der Waals surface area contributed by atoms with Gasteiger partial charge in [-0.3, -0.25) is 0 Å². The van der Waals surface area contributed by atoms with Crippen molar-refractivity contribution in [3.63, 3.8) is 0 Å². The zero-order valence-corrected chi connectivity index (χ0v) is 17.7. The molecule has 0 atom stereocenters. The summed E-state index contributed by atoms with van der Waals surface area (Å²) in [7, 11) is -1.37. The minimum absolute atomic E-state index is 0.564. The molecule has 0 amide bonds. The second-order valence-corrected chi connectivity index (χ2v) is 8.05. The molecule has 154 valence electrons. The Morgan fingerprint density at radius 1 is 0.704 bits per heavy atom. The van der Waals surface area contributed by atoms with Crippen LogP contribution >= 0.6 is 0 Å². The molecule has 0 aliphatic heterocycles. The second kappa shape index (κ2) is 17.2. The van der Waals surface area contributed by atoms with E-state index in [-0.39, 0.29) is 0 Å². The van der Waals surface area contributed by atoms with E-state index < -0.39 is 7.12 Å². The van der Waals surface area contributed by atoms with Gasteiger partial charge in [0.05, 0.1) is 0 Å². The van der Waals surface area contributed by atoms with Gasteiger partial charge in [0, 0.05) is 17.9 Å². The zero-order valence-electron chi connectivity index (χ0n) is 17.7. The average molecular weight is 376 g/mol. The quantitative estimate of drug-likeness (QED) is 0.217. The highest BCUT2D eigenvalue weighted by Gasteiger charge is 2.14. The first-order chi connectivity index (χ1) is 13.2. The average Bonchev–Trinajstić information content (AvgIpc) is 2.68. The van der Waals surface area contributed by atoms with Crippen molar-refractivity contribution >= 4 is 12.6 Å². The zero-order chi connectivity index (χ0) is 19.6. The van der Waals surface area contributed by atoms with E-state index >= 15 is 0 Å². The highest BCUT2D eigenvalue weighted by Crippen LogP contribution is 2.13. The van der Waals surface area contributed by atoms with E-state index in [1.807, 2.05) is 18.5 Å². The van der Waals surface area contributed by atoms with Crippen LogP contribution in [-0.4, -0.2) is 17.2 Å². The van der Waals surface area contributed by atoms with Crippen LogP contribution < -0.4 is 10.0 Å². The van der Waals surface area contributed by atoms with Crippen LogP contribution in [0.5, 0.6) is 0 Å². The van der Waals surface area contributed by atoms with Gasteiger partial charge in [-0.15, -0.1) is 0 Å². The van der Waals surface area contributed by atoms with Gasteiger partial charge in [0.2, 0.25) is 0 Å². The Morgan fingerprint density at radius 2 is 1.15 bits per heavy atom. The van der Waals surface area contributed by atoms with Gasteiger partial charge in [-0.05, 0) is 6.42 Å². The van der Waals surface area contributed by atoms with Crippen molar-refractivity contribution in [1.82, 2.24) is 0 Å². The van der Waals surface area contributed by atoms with Crippen molar-refractivity contribution in [3.05, 3.63) is 24.5 Å². The molecule has 4 heteroatoms. The maximum absolute atomic E-state index is 9.20. The van der Waals surface area contributed by atoms with Crippen molar-refractivity contribution in [1.29, 1.82) is 0 Å². The smallest absolute Gasteiger partial charge is 0.423 e. The Morgan fingerprint density at radius 3 is 1.59 bits per heavy atom. The van der Waals surface area contributed by atoms with E-state index in [2.05, 4.69) is 11.5 Å². The first-order valence-corrected chi connectivity index (χ1v) is 11.6. The third-order valence-corrected chi connectivity index (χ3v) is 5.45. The van der Waals surface area contributed by atoms with Crippen LogP contribution in [0.1, 0.15) is 110 Å². The minimum Gasteiger partial charge on any atom is -0.423 e. The Balaban J connectivity index is 1.82. The SMILES string of the molecule is CCCCCCCCCCCCCCCCCC[n+]1cccc(B(O)O)c1. The lowest BCUT2D eigenvalue weighted by atomic mass is 9.82.